The van der Waals surface area contributed by atoms with Crippen molar-refractivity contribution in [3.8, 4) is 6.07 Å². The molecule has 0 bridgehead atoms. The van der Waals surface area contributed by atoms with Gasteiger partial charge in [-0.1, -0.05) is 18.2 Å². The van der Waals surface area contributed by atoms with Crippen LogP contribution in [0.1, 0.15) is 34.5 Å². The van der Waals surface area contributed by atoms with Gasteiger partial charge in [0.15, 0.2) is 0 Å². The first-order chi connectivity index (χ1) is 15.9. The number of ether oxygens (including phenoxy) is 1. The lowest BCUT2D eigenvalue weighted by molar-refractivity contribution is 0.0698. The lowest BCUT2D eigenvalue weighted by atomic mass is 10.0. The third kappa shape index (κ3) is 4.38. The molecule has 0 saturated carbocycles. The second-order valence-electron chi connectivity index (χ2n) is 8.03. The number of morpholine rings is 1. The molecule has 4 rings (SSSR count). The van der Waals surface area contributed by atoms with Gasteiger partial charge in [0.1, 0.15) is 6.54 Å². The molecule has 170 valence electrons. The lowest BCUT2D eigenvalue weighted by Gasteiger charge is -2.30. The van der Waals surface area contributed by atoms with Crippen molar-refractivity contribution >= 4 is 28.5 Å². The zero-order valence-corrected chi connectivity index (χ0v) is 18.5. The molecule has 9 heteroatoms. The molecule has 33 heavy (non-hydrogen) atoms. The summed E-state index contributed by atoms with van der Waals surface area (Å²) in [6.45, 7) is 5.89. The van der Waals surface area contributed by atoms with E-state index in [-0.39, 0.29) is 23.7 Å². The molecule has 2 N–H and O–H groups in total. The molecule has 1 aliphatic rings. The maximum atomic E-state index is 13.4. The Morgan fingerprint density at radius 2 is 2.03 bits per heavy atom. The van der Waals surface area contributed by atoms with E-state index < -0.39 is 5.97 Å². The molecule has 1 fully saturated rings. The number of carbonyl (C=O) groups is 1. The Kier molecular flexibility index (Phi) is 6.29. The number of para-hydroxylation sites is 1. The molecule has 0 radical (unpaired) electrons. The number of anilines is 2. The van der Waals surface area contributed by atoms with Gasteiger partial charge in [0.05, 0.1) is 41.8 Å². The summed E-state index contributed by atoms with van der Waals surface area (Å²) in [6, 6.07) is 12.2. The van der Waals surface area contributed by atoms with Crippen LogP contribution < -0.4 is 15.8 Å². The van der Waals surface area contributed by atoms with E-state index in [9.17, 15) is 20.0 Å². The number of rotatable bonds is 6. The highest BCUT2D eigenvalue weighted by atomic mass is 16.5. The molecule has 0 amide bonds. The predicted molar refractivity (Wildman–Crippen MR) is 125 cm³/mol. The molecule has 0 spiro atoms. The van der Waals surface area contributed by atoms with Crippen molar-refractivity contribution in [1.29, 1.82) is 5.26 Å². The first-order valence-electron chi connectivity index (χ1n) is 10.7. The van der Waals surface area contributed by atoms with Crippen LogP contribution in [0, 0.1) is 18.3 Å². The summed E-state index contributed by atoms with van der Waals surface area (Å²) in [5, 5.41) is 22.6. The molecule has 1 aromatic heterocycles. The highest BCUT2D eigenvalue weighted by Gasteiger charge is 2.22. The Hall–Kier alpha value is -3.90. The number of carboxylic acids is 1. The minimum absolute atomic E-state index is 0.0997. The average molecular weight is 447 g/mol. The Morgan fingerprint density at radius 1 is 1.30 bits per heavy atom. The average Bonchev–Trinajstić information content (AvgIpc) is 2.81. The van der Waals surface area contributed by atoms with E-state index in [1.165, 1.54) is 4.57 Å². The van der Waals surface area contributed by atoms with Gasteiger partial charge in [0.25, 0.3) is 5.56 Å². The van der Waals surface area contributed by atoms with Crippen LogP contribution in [-0.2, 0) is 11.3 Å². The van der Waals surface area contributed by atoms with E-state index in [0.717, 1.165) is 11.1 Å². The standard InChI is InChI=1S/C24H25N5O4/c1-15-13-18(16(2)26-20-6-4-3-5-17(20)23(31)32)21-19(14-15)22(30)29(8-7-25)24(27-21)28-9-11-33-12-10-28/h3-6,13-14,16,26H,8-12H2,1-2H3,(H,31,32). The zero-order valence-electron chi connectivity index (χ0n) is 18.5. The fraction of sp³-hybridized carbons (Fsp3) is 0.333. The van der Waals surface area contributed by atoms with Crippen molar-refractivity contribution in [2.24, 2.45) is 0 Å². The van der Waals surface area contributed by atoms with Crippen molar-refractivity contribution in [3.63, 3.8) is 0 Å². The third-order valence-corrected chi connectivity index (χ3v) is 5.73. The highest BCUT2D eigenvalue weighted by molar-refractivity contribution is 5.94. The smallest absolute Gasteiger partial charge is 0.337 e. The normalized spacial score (nSPS) is 14.6. The summed E-state index contributed by atoms with van der Waals surface area (Å²) in [7, 11) is 0. The van der Waals surface area contributed by atoms with Crippen molar-refractivity contribution < 1.29 is 14.6 Å². The van der Waals surface area contributed by atoms with Crippen molar-refractivity contribution in [1.82, 2.24) is 9.55 Å². The van der Waals surface area contributed by atoms with Gasteiger partial charge in [0.2, 0.25) is 5.95 Å². The Bertz CT molecular complexity index is 1300. The summed E-state index contributed by atoms with van der Waals surface area (Å²) in [5.41, 5.74) is 2.57. The van der Waals surface area contributed by atoms with Gasteiger partial charge < -0.3 is 20.1 Å². The second kappa shape index (κ2) is 9.30. The van der Waals surface area contributed by atoms with E-state index >= 15 is 0 Å². The fourth-order valence-electron chi connectivity index (χ4n) is 4.15. The van der Waals surface area contributed by atoms with Crippen molar-refractivity contribution in [3.05, 3.63) is 63.4 Å². The first kappa shape index (κ1) is 22.3. The molecular weight excluding hydrogens is 422 g/mol. The molecule has 1 saturated heterocycles. The van der Waals surface area contributed by atoms with Crippen LogP contribution in [0.2, 0.25) is 0 Å². The maximum Gasteiger partial charge on any atom is 0.337 e. The lowest BCUT2D eigenvalue weighted by Crippen LogP contribution is -2.40. The van der Waals surface area contributed by atoms with Crippen LogP contribution in [0.25, 0.3) is 10.9 Å². The number of nitrogens with one attached hydrogen (secondary N) is 1. The summed E-state index contributed by atoms with van der Waals surface area (Å²) >= 11 is 0. The van der Waals surface area contributed by atoms with Gasteiger partial charge in [-0.25, -0.2) is 9.78 Å². The van der Waals surface area contributed by atoms with Gasteiger partial charge >= 0.3 is 5.97 Å². The monoisotopic (exact) mass is 447 g/mol. The summed E-state index contributed by atoms with van der Waals surface area (Å²) < 4.78 is 6.84. The maximum absolute atomic E-state index is 13.4. The fourth-order valence-corrected chi connectivity index (χ4v) is 4.15. The number of aromatic carboxylic acids is 1. The molecule has 1 unspecified atom stereocenters. The highest BCUT2D eigenvalue weighted by Crippen LogP contribution is 2.29. The summed E-state index contributed by atoms with van der Waals surface area (Å²) in [6.07, 6.45) is 0. The largest absolute Gasteiger partial charge is 0.478 e. The SMILES string of the molecule is Cc1cc(C(C)Nc2ccccc2C(=O)O)c2nc(N3CCOCC3)n(CC#N)c(=O)c2c1. The number of fused-ring (bicyclic) bond motifs is 1. The van der Waals surface area contributed by atoms with Gasteiger partial charge in [0, 0.05) is 24.3 Å². The topological polar surface area (TPSA) is 120 Å². The number of aromatic nitrogens is 2. The zero-order chi connectivity index (χ0) is 23.5. The quantitative estimate of drug-likeness (QED) is 0.592. The molecule has 1 aliphatic heterocycles. The van der Waals surface area contributed by atoms with Crippen LogP contribution in [0.5, 0.6) is 0 Å². The van der Waals surface area contributed by atoms with Gasteiger partial charge in [-0.3, -0.25) is 9.36 Å². The number of nitrogens with zero attached hydrogens (tertiary/aromatic N) is 4. The Labute approximate surface area is 190 Å². The Morgan fingerprint density at radius 3 is 2.73 bits per heavy atom. The number of hydrogen-bond acceptors (Lipinski definition) is 7. The Balaban J connectivity index is 1.87. The van der Waals surface area contributed by atoms with Gasteiger partial charge in [-0.05, 0) is 37.6 Å². The van der Waals surface area contributed by atoms with Gasteiger partial charge in [-0.15, -0.1) is 0 Å². The van der Waals surface area contributed by atoms with Crippen molar-refractivity contribution in [2.75, 3.05) is 36.5 Å². The van der Waals surface area contributed by atoms with Crippen LogP contribution >= 0.6 is 0 Å². The van der Waals surface area contributed by atoms with Crippen molar-refractivity contribution in [2.45, 2.75) is 26.4 Å². The minimum Gasteiger partial charge on any atom is -0.478 e. The van der Waals surface area contributed by atoms with Crippen LogP contribution in [0.15, 0.2) is 41.2 Å². The number of aryl methyl sites for hydroxylation is 1. The van der Waals surface area contributed by atoms with Crippen LogP contribution in [0.3, 0.4) is 0 Å². The third-order valence-electron chi connectivity index (χ3n) is 5.73. The number of carboxylic acid groups (broad SMARTS) is 1. The van der Waals surface area contributed by atoms with E-state index in [0.29, 0.717) is 48.8 Å². The van der Waals surface area contributed by atoms with E-state index in [4.69, 9.17) is 9.72 Å². The van der Waals surface area contributed by atoms with E-state index in [1.54, 1.807) is 30.3 Å². The summed E-state index contributed by atoms with van der Waals surface area (Å²) in [5.74, 6) is -0.577. The number of benzene rings is 2. The molecule has 9 nitrogen and oxygen atoms in total. The number of nitriles is 1. The molecule has 3 aromatic rings. The van der Waals surface area contributed by atoms with Crippen LogP contribution in [0.4, 0.5) is 11.6 Å². The summed E-state index contributed by atoms with van der Waals surface area (Å²) in [4.78, 5) is 31.9. The molecule has 0 aliphatic carbocycles. The van der Waals surface area contributed by atoms with E-state index in [2.05, 4.69) is 11.4 Å². The molecule has 2 heterocycles. The van der Waals surface area contributed by atoms with E-state index in [1.807, 2.05) is 24.8 Å². The molecule has 2 aromatic carbocycles. The van der Waals surface area contributed by atoms with Gasteiger partial charge in [-0.2, -0.15) is 5.26 Å². The number of hydrogen-bond donors (Lipinski definition) is 2. The second-order valence-corrected chi connectivity index (χ2v) is 8.03. The molecule has 1 atom stereocenters. The van der Waals surface area contributed by atoms with Crippen LogP contribution in [-0.4, -0.2) is 46.9 Å². The minimum atomic E-state index is -1.02. The molecular formula is C24H25N5O4. The first-order valence-corrected chi connectivity index (χ1v) is 10.7. The predicted octanol–water partition coefficient (Wildman–Crippen LogP) is 2.94.